The van der Waals surface area contributed by atoms with E-state index in [1.807, 2.05) is 6.07 Å². The first kappa shape index (κ1) is 8.61. The minimum Gasteiger partial charge on any atom is -0.398 e. The van der Waals surface area contributed by atoms with Crippen LogP contribution in [-0.2, 0) is 11.8 Å². The SMILES string of the molecule is CC1(C)CCCc2c(N)cccc21. The number of hydrogen-bond donors (Lipinski definition) is 1. The van der Waals surface area contributed by atoms with Crippen LogP contribution in [0.1, 0.15) is 37.8 Å². The molecule has 1 aliphatic carbocycles. The number of nitrogens with two attached hydrogens (primary N) is 1. The van der Waals surface area contributed by atoms with Gasteiger partial charge < -0.3 is 5.73 Å². The maximum absolute atomic E-state index is 5.96. The summed E-state index contributed by atoms with van der Waals surface area (Å²) in [6, 6.07) is 6.31. The Hall–Kier alpha value is -0.980. The third kappa shape index (κ3) is 1.32. The molecule has 0 amide bonds. The van der Waals surface area contributed by atoms with Crippen LogP contribution in [0.5, 0.6) is 0 Å². The van der Waals surface area contributed by atoms with E-state index in [1.54, 1.807) is 0 Å². The standard InChI is InChI=1S/C12H17N/c1-12(2)8-4-5-9-10(12)6-3-7-11(9)13/h3,6-7H,4-5,8,13H2,1-2H3. The van der Waals surface area contributed by atoms with Gasteiger partial charge in [-0.3, -0.25) is 0 Å². The average Bonchev–Trinajstić information content (AvgIpc) is 2.06. The molecule has 0 spiro atoms. The summed E-state index contributed by atoms with van der Waals surface area (Å²) in [4.78, 5) is 0. The monoisotopic (exact) mass is 175 g/mol. The molecule has 1 heteroatoms. The fourth-order valence-electron chi connectivity index (χ4n) is 2.36. The summed E-state index contributed by atoms with van der Waals surface area (Å²) in [6.07, 6.45) is 3.71. The highest BCUT2D eigenvalue weighted by molar-refractivity contribution is 5.54. The molecular formula is C12H17N. The van der Waals surface area contributed by atoms with E-state index in [0.29, 0.717) is 5.41 Å². The van der Waals surface area contributed by atoms with E-state index >= 15 is 0 Å². The number of rotatable bonds is 0. The fraction of sp³-hybridized carbons (Fsp3) is 0.500. The third-order valence-electron chi connectivity index (χ3n) is 3.17. The lowest BCUT2D eigenvalue weighted by Crippen LogP contribution is -2.24. The summed E-state index contributed by atoms with van der Waals surface area (Å²) in [5, 5.41) is 0. The largest absolute Gasteiger partial charge is 0.398 e. The van der Waals surface area contributed by atoms with Crippen molar-refractivity contribution >= 4 is 5.69 Å². The molecule has 0 unspecified atom stereocenters. The molecule has 0 saturated heterocycles. The number of nitrogen functional groups attached to an aromatic ring is 1. The van der Waals surface area contributed by atoms with Crippen LogP contribution in [0.2, 0.25) is 0 Å². The van der Waals surface area contributed by atoms with Gasteiger partial charge in [0.1, 0.15) is 0 Å². The van der Waals surface area contributed by atoms with Gasteiger partial charge in [0.2, 0.25) is 0 Å². The highest BCUT2D eigenvalue weighted by Crippen LogP contribution is 2.38. The Kier molecular flexibility index (Phi) is 1.83. The van der Waals surface area contributed by atoms with Crippen molar-refractivity contribution in [3.05, 3.63) is 29.3 Å². The number of anilines is 1. The summed E-state index contributed by atoms with van der Waals surface area (Å²) in [5.74, 6) is 0. The predicted octanol–water partition coefficient (Wildman–Crippen LogP) is 2.88. The van der Waals surface area contributed by atoms with Gasteiger partial charge in [-0.1, -0.05) is 26.0 Å². The van der Waals surface area contributed by atoms with Crippen LogP contribution >= 0.6 is 0 Å². The number of benzene rings is 1. The van der Waals surface area contributed by atoms with Gasteiger partial charge in [0.15, 0.2) is 0 Å². The highest BCUT2D eigenvalue weighted by Gasteiger charge is 2.27. The van der Waals surface area contributed by atoms with Crippen molar-refractivity contribution in [2.24, 2.45) is 0 Å². The molecule has 0 saturated carbocycles. The van der Waals surface area contributed by atoms with Gasteiger partial charge in [-0.2, -0.15) is 0 Å². The van der Waals surface area contributed by atoms with Crippen molar-refractivity contribution < 1.29 is 0 Å². The lowest BCUT2D eigenvalue weighted by atomic mass is 9.72. The van der Waals surface area contributed by atoms with E-state index in [0.717, 1.165) is 12.1 Å². The zero-order valence-electron chi connectivity index (χ0n) is 8.43. The zero-order chi connectivity index (χ0) is 9.47. The molecule has 0 heterocycles. The van der Waals surface area contributed by atoms with E-state index in [1.165, 1.54) is 24.0 Å². The number of hydrogen-bond acceptors (Lipinski definition) is 1. The van der Waals surface area contributed by atoms with Gasteiger partial charge in [-0.25, -0.2) is 0 Å². The minimum absolute atomic E-state index is 0.322. The van der Waals surface area contributed by atoms with Gasteiger partial charge in [0, 0.05) is 5.69 Å². The second-order valence-corrected chi connectivity index (χ2v) is 4.61. The molecule has 2 rings (SSSR count). The van der Waals surface area contributed by atoms with E-state index in [4.69, 9.17) is 5.73 Å². The topological polar surface area (TPSA) is 26.0 Å². The Balaban J connectivity index is 2.58. The molecule has 70 valence electrons. The van der Waals surface area contributed by atoms with Gasteiger partial charge in [0.05, 0.1) is 0 Å². The van der Waals surface area contributed by atoms with Crippen LogP contribution in [0.15, 0.2) is 18.2 Å². The van der Waals surface area contributed by atoms with Crippen molar-refractivity contribution in [3.8, 4) is 0 Å². The second-order valence-electron chi connectivity index (χ2n) is 4.61. The maximum Gasteiger partial charge on any atom is 0.0349 e. The first-order valence-electron chi connectivity index (χ1n) is 4.99. The molecule has 0 atom stereocenters. The average molecular weight is 175 g/mol. The second kappa shape index (κ2) is 2.76. The molecule has 0 fully saturated rings. The van der Waals surface area contributed by atoms with Crippen molar-refractivity contribution in [1.82, 2.24) is 0 Å². The number of fused-ring (bicyclic) bond motifs is 1. The van der Waals surface area contributed by atoms with Crippen LogP contribution in [0.25, 0.3) is 0 Å². The first-order chi connectivity index (χ1) is 6.11. The Morgan fingerprint density at radius 1 is 1.31 bits per heavy atom. The van der Waals surface area contributed by atoms with E-state index in [-0.39, 0.29) is 0 Å². The summed E-state index contributed by atoms with van der Waals surface area (Å²) in [6.45, 7) is 4.62. The van der Waals surface area contributed by atoms with Crippen LogP contribution < -0.4 is 5.73 Å². The third-order valence-corrected chi connectivity index (χ3v) is 3.17. The van der Waals surface area contributed by atoms with Gasteiger partial charge in [-0.05, 0) is 41.9 Å². The lowest BCUT2D eigenvalue weighted by molar-refractivity contribution is 0.432. The summed E-state index contributed by atoms with van der Waals surface area (Å²) < 4.78 is 0. The highest BCUT2D eigenvalue weighted by atomic mass is 14.6. The fourth-order valence-corrected chi connectivity index (χ4v) is 2.36. The van der Waals surface area contributed by atoms with Crippen LogP contribution in [0.3, 0.4) is 0 Å². The van der Waals surface area contributed by atoms with Crippen molar-refractivity contribution in [2.75, 3.05) is 5.73 Å². The molecule has 2 N–H and O–H groups in total. The molecule has 1 aliphatic rings. The van der Waals surface area contributed by atoms with Gasteiger partial charge in [-0.15, -0.1) is 0 Å². The van der Waals surface area contributed by atoms with Gasteiger partial charge in [0.25, 0.3) is 0 Å². The van der Waals surface area contributed by atoms with Crippen molar-refractivity contribution in [2.45, 2.75) is 38.5 Å². The smallest absolute Gasteiger partial charge is 0.0349 e. The molecular weight excluding hydrogens is 158 g/mol. The molecule has 0 aliphatic heterocycles. The quantitative estimate of drug-likeness (QED) is 0.603. The predicted molar refractivity (Wildman–Crippen MR) is 56.8 cm³/mol. The summed E-state index contributed by atoms with van der Waals surface area (Å²) >= 11 is 0. The normalized spacial score (nSPS) is 19.5. The van der Waals surface area contributed by atoms with Crippen LogP contribution in [0.4, 0.5) is 5.69 Å². The minimum atomic E-state index is 0.322. The Labute approximate surface area is 80.0 Å². The Morgan fingerprint density at radius 2 is 2.08 bits per heavy atom. The van der Waals surface area contributed by atoms with E-state index in [9.17, 15) is 0 Å². The molecule has 1 aromatic rings. The zero-order valence-corrected chi connectivity index (χ0v) is 8.43. The summed E-state index contributed by atoms with van der Waals surface area (Å²) in [5.41, 5.74) is 10.1. The Bertz CT molecular complexity index is 326. The van der Waals surface area contributed by atoms with Crippen LogP contribution in [-0.4, -0.2) is 0 Å². The molecule has 1 nitrogen and oxygen atoms in total. The lowest BCUT2D eigenvalue weighted by Gasteiger charge is -2.33. The van der Waals surface area contributed by atoms with Crippen molar-refractivity contribution in [1.29, 1.82) is 0 Å². The van der Waals surface area contributed by atoms with Gasteiger partial charge >= 0.3 is 0 Å². The van der Waals surface area contributed by atoms with E-state index in [2.05, 4.69) is 26.0 Å². The molecule has 1 aromatic carbocycles. The Morgan fingerprint density at radius 3 is 2.77 bits per heavy atom. The molecule has 0 aromatic heterocycles. The van der Waals surface area contributed by atoms with E-state index < -0.39 is 0 Å². The summed E-state index contributed by atoms with van der Waals surface area (Å²) in [7, 11) is 0. The molecule has 0 radical (unpaired) electrons. The van der Waals surface area contributed by atoms with Crippen LogP contribution in [0, 0.1) is 0 Å². The molecule has 13 heavy (non-hydrogen) atoms. The maximum atomic E-state index is 5.96. The molecule has 0 bridgehead atoms. The first-order valence-corrected chi connectivity index (χ1v) is 4.99. The van der Waals surface area contributed by atoms with Crippen molar-refractivity contribution in [3.63, 3.8) is 0 Å².